The van der Waals surface area contributed by atoms with E-state index in [9.17, 15) is 0 Å². The minimum absolute atomic E-state index is 0.519. The second-order valence-electron chi connectivity index (χ2n) is 6.14. The van der Waals surface area contributed by atoms with E-state index >= 15 is 0 Å². The van der Waals surface area contributed by atoms with Gasteiger partial charge in [-0.2, -0.15) is 10.2 Å². The minimum atomic E-state index is 0.519. The van der Waals surface area contributed by atoms with Gasteiger partial charge in [0.2, 0.25) is 0 Å². The van der Waals surface area contributed by atoms with Crippen molar-refractivity contribution >= 4 is 16.9 Å². The lowest BCUT2D eigenvalue weighted by atomic mass is 10.1. The van der Waals surface area contributed by atoms with Crippen molar-refractivity contribution in [3.05, 3.63) is 35.0 Å². The van der Waals surface area contributed by atoms with Crippen molar-refractivity contribution in [3.63, 3.8) is 0 Å². The Hall–Kier alpha value is -2.30. The van der Waals surface area contributed by atoms with Crippen LogP contribution >= 0.6 is 0 Å². The molecule has 0 saturated carbocycles. The first-order chi connectivity index (χ1) is 9.95. The van der Waals surface area contributed by atoms with Crippen LogP contribution in [0.1, 0.15) is 30.7 Å². The van der Waals surface area contributed by atoms with E-state index in [0.29, 0.717) is 11.7 Å². The van der Waals surface area contributed by atoms with Crippen LogP contribution in [0.3, 0.4) is 0 Å². The Labute approximate surface area is 124 Å². The molecule has 3 N–H and O–H groups in total. The van der Waals surface area contributed by atoms with E-state index in [1.165, 1.54) is 11.1 Å². The fraction of sp³-hybridized carbons (Fsp3) is 0.375. The summed E-state index contributed by atoms with van der Waals surface area (Å²) >= 11 is 0. The number of rotatable bonds is 3. The van der Waals surface area contributed by atoms with Gasteiger partial charge in [0, 0.05) is 0 Å². The Kier molecular flexibility index (Phi) is 3.20. The van der Waals surface area contributed by atoms with Crippen LogP contribution < -0.4 is 5.73 Å². The molecule has 2 aromatic heterocycles. The van der Waals surface area contributed by atoms with E-state index in [-0.39, 0.29) is 0 Å². The van der Waals surface area contributed by atoms with Gasteiger partial charge in [-0.1, -0.05) is 19.9 Å². The van der Waals surface area contributed by atoms with Crippen molar-refractivity contribution in [2.24, 2.45) is 5.92 Å². The summed E-state index contributed by atoms with van der Waals surface area (Å²) in [6.45, 7) is 8.53. The summed E-state index contributed by atoms with van der Waals surface area (Å²) in [7, 11) is 0. The zero-order valence-corrected chi connectivity index (χ0v) is 12.9. The van der Waals surface area contributed by atoms with Crippen LogP contribution in [0, 0.1) is 19.8 Å². The lowest BCUT2D eigenvalue weighted by Crippen LogP contribution is -2.02. The molecule has 21 heavy (non-hydrogen) atoms. The molecule has 0 fully saturated rings. The Morgan fingerprint density at radius 1 is 1.19 bits per heavy atom. The van der Waals surface area contributed by atoms with Crippen molar-refractivity contribution in [2.75, 3.05) is 5.73 Å². The van der Waals surface area contributed by atoms with Crippen LogP contribution in [0.15, 0.2) is 18.2 Å². The summed E-state index contributed by atoms with van der Waals surface area (Å²) in [5.74, 6) is 1.11. The molecule has 5 heteroatoms. The molecule has 0 bridgehead atoms. The first kappa shape index (κ1) is 13.7. The molecule has 2 heterocycles. The third kappa shape index (κ3) is 2.39. The highest BCUT2D eigenvalue weighted by molar-refractivity contribution is 5.90. The molecule has 0 radical (unpaired) electrons. The minimum Gasteiger partial charge on any atom is -0.383 e. The number of anilines is 1. The maximum atomic E-state index is 6.03. The van der Waals surface area contributed by atoms with Crippen LogP contribution in [0.2, 0.25) is 0 Å². The molecule has 0 unspecified atom stereocenters. The lowest BCUT2D eigenvalue weighted by molar-refractivity contribution is 0.630. The first-order valence-electron chi connectivity index (χ1n) is 7.26. The van der Waals surface area contributed by atoms with Crippen molar-refractivity contribution in [2.45, 2.75) is 34.1 Å². The number of nitrogens with zero attached hydrogens (tertiary/aromatic N) is 3. The molecular formula is C16H21N5. The van der Waals surface area contributed by atoms with Crippen molar-refractivity contribution < 1.29 is 0 Å². The standard InChI is InChI=1S/C16H21N5/c1-9(2)5-13-14-15(17)18-19-16(14)21(20-13)12-7-10(3)6-11(4)8-12/h6-9H,5H2,1-4H3,(H3,17,18,19). The van der Waals surface area contributed by atoms with Crippen molar-refractivity contribution in [1.82, 2.24) is 20.0 Å². The molecule has 1 aromatic carbocycles. The van der Waals surface area contributed by atoms with Gasteiger partial charge >= 0.3 is 0 Å². The monoisotopic (exact) mass is 283 g/mol. The zero-order valence-electron chi connectivity index (χ0n) is 12.9. The smallest absolute Gasteiger partial charge is 0.186 e. The number of nitrogen functional groups attached to an aromatic ring is 1. The average molecular weight is 283 g/mol. The van der Waals surface area contributed by atoms with Gasteiger partial charge in [0.15, 0.2) is 5.65 Å². The highest BCUT2D eigenvalue weighted by Gasteiger charge is 2.18. The summed E-state index contributed by atoms with van der Waals surface area (Å²) in [4.78, 5) is 0. The Morgan fingerprint density at radius 2 is 1.86 bits per heavy atom. The number of aryl methyl sites for hydroxylation is 2. The molecule has 0 amide bonds. The Bertz CT molecular complexity index is 774. The molecule has 0 atom stereocenters. The van der Waals surface area contributed by atoms with E-state index < -0.39 is 0 Å². The predicted molar refractivity (Wildman–Crippen MR) is 85.6 cm³/mol. The van der Waals surface area contributed by atoms with Crippen molar-refractivity contribution in [1.29, 1.82) is 0 Å². The number of aromatic amines is 1. The molecule has 0 saturated heterocycles. The summed E-state index contributed by atoms with van der Waals surface area (Å²) in [6, 6.07) is 6.38. The third-order valence-corrected chi connectivity index (χ3v) is 3.54. The summed E-state index contributed by atoms with van der Waals surface area (Å²) in [6.07, 6.45) is 0.887. The summed E-state index contributed by atoms with van der Waals surface area (Å²) in [5.41, 5.74) is 11.3. The van der Waals surface area contributed by atoms with Gasteiger partial charge in [0.1, 0.15) is 5.82 Å². The SMILES string of the molecule is Cc1cc(C)cc(-n2nc(CC(C)C)c3c(N)[nH]nc32)c1. The molecule has 0 spiro atoms. The zero-order chi connectivity index (χ0) is 15.1. The number of H-pyrrole nitrogens is 1. The van der Waals surface area contributed by atoms with Gasteiger partial charge in [0.05, 0.1) is 16.8 Å². The molecule has 3 aromatic rings. The number of fused-ring (bicyclic) bond motifs is 1. The van der Waals surface area contributed by atoms with Crippen molar-refractivity contribution in [3.8, 4) is 5.69 Å². The highest BCUT2D eigenvalue weighted by Crippen LogP contribution is 2.27. The number of hydrogen-bond donors (Lipinski definition) is 2. The van der Waals surface area contributed by atoms with Crippen LogP contribution in [0.4, 0.5) is 5.82 Å². The highest BCUT2D eigenvalue weighted by atomic mass is 15.4. The molecule has 0 aliphatic rings. The van der Waals surface area contributed by atoms with Crippen LogP contribution in [-0.4, -0.2) is 20.0 Å². The average Bonchev–Trinajstić information content (AvgIpc) is 2.90. The van der Waals surface area contributed by atoms with E-state index in [1.54, 1.807) is 0 Å². The largest absolute Gasteiger partial charge is 0.383 e. The molecule has 0 aliphatic carbocycles. The van der Waals surface area contributed by atoms with Crippen LogP contribution in [-0.2, 0) is 6.42 Å². The topological polar surface area (TPSA) is 72.5 Å². The van der Waals surface area contributed by atoms with E-state index in [4.69, 9.17) is 10.8 Å². The Balaban J connectivity index is 2.23. The molecular weight excluding hydrogens is 262 g/mol. The third-order valence-electron chi connectivity index (χ3n) is 3.54. The number of benzene rings is 1. The van der Waals surface area contributed by atoms with E-state index in [0.717, 1.165) is 28.8 Å². The van der Waals surface area contributed by atoms with Gasteiger partial charge in [-0.15, -0.1) is 0 Å². The van der Waals surface area contributed by atoms with Crippen LogP contribution in [0.5, 0.6) is 0 Å². The molecule has 5 nitrogen and oxygen atoms in total. The lowest BCUT2D eigenvalue weighted by Gasteiger charge is -2.05. The first-order valence-corrected chi connectivity index (χ1v) is 7.26. The number of aromatic nitrogens is 4. The number of hydrogen-bond acceptors (Lipinski definition) is 3. The van der Waals surface area contributed by atoms with Crippen LogP contribution in [0.25, 0.3) is 16.7 Å². The summed E-state index contributed by atoms with van der Waals surface area (Å²) < 4.78 is 1.89. The van der Waals surface area contributed by atoms with E-state index in [1.807, 2.05) is 4.68 Å². The Morgan fingerprint density at radius 3 is 2.48 bits per heavy atom. The van der Waals surface area contributed by atoms with Gasteiger partial charge in [0.25, 0.3) is 0 Å². The molecule has 110 valence electrons. The fourth-order valence-corrected chi connectivity index (χ4v) is 2.78. The fourth-order valence-electron chi connectivity index (χ4n) is 2.78. The summed E-state index contributed by atoms with van der Waals surface area (Å²) in [5, 5.41) is 12.9. The maximum absolute atomic E-state index is 6.03. The van der Waals surface area contributed by atoms with Gasteiger partial charge in [-0.05, 0) is 49.4 Å². The molecule has 3 rings (SSSR count). The quantitative estimate of drug-likeness (QED) is 0.775. The second kappa shape index (κ2) is 4.91. The molecule has 0 aliphatic heterocycles. The van der Waals surface area contributed by atoms with Gasteiger partial charge in [-0.3, -0.25) is 5.10 Å². The predicted octanol–water partition coefficient (Wildman–Crippen LogP) is 3.15. The van der Waals surface area contributed by atoms with Gasteiger partial charge < -0.3 is 5.73 Å². The second-order valence-corrected chi connectivity index (χ2v) is 6.14. The maximum Gasteiger partial charge on any atom is 0.186 e. The number of nitrogens with one attached hydrogen (secondary N) is 1. The number of nitrogens with two attached hydrogens (primary N) is 1. The normalized spacial score (nSPS) is 11.7. The van der Waals surface area contributed by atoms with E-state index in [2.05, 4.69) is 56.1 Å². The van der Waals surface area contributed by atoms with Gasteiger partial charge in [-0.25, -0.2) is 4.68 Å².